The van der Waals surface area contributed by atoms with Crippen molar-refractivity contribution in [2.45, 2.75) is 43.7 Å². The fraction of sp³-hybridized carbons (Fsp3) is 0.368. The first kappa shape index (κ1) is 17.1. The number of rotatable bonds is 5. The second kappa shape index (κ2) is 7.15. The Kier molecular flexibility index (Phi) is 4.72. The molecule has 0 unspecified atom stereocenters. The van der Waals surface area contributed by atoms with Gasteiger partial charge in [-0.2, -0.15) is 4.98 Å². The van der Waals surface area contributed by atoms with Crippen molar-refractivity contribution < 1.29 is 9.18 Å². The van der Waals surface area contributed by atoms with E-state index in [1.165, 1.54) is 12.1 Å². The third-order valence-electron chi connectivity index (χ3n) is 4.63. The summed E-state index contributed by atoms with van der Waals surface area (Å²) in [6, 6.07) is 6.36. The van der Waals surface area contributed by atoms with Crippen LogP contribution < -0.4 is 0 Å². The van der Waals surface area contributed by atoms with E-state index >= 15 is 0 Å². The second-order valence-corrected chi connectivity index (χ2v) is 7.58. The normalized spacial score (nSPS) is 16.8. The van der Waals surface area contributed by atoms with Crippen LogP contribution in [-0.4, -0.2) is 31.1 Å². The van der Waals surface area contributed by atoms with Gasteiger partial charge in [-0.15, -0.1) is 5.10 Å². The molecule has 0 radical (unpaired) electrons. The van der Waals surface area contributed by atoms with Crippen LogP contribution in [0.2, 0.25) is 0 Å². The molecule has 26 heavy (non-hydrogen) atoms. The van der Waals surface area contributed by atoms with Gasteiger partial charge in [-0.05, 0) is 36.5 Å². The van der Waals surface area contributed by atoms with Gasteiger partial charge < -0.3 is 0 Å². The minimum Gasteiger partial charge on any atom is -0.294 e. The Morgan fingerprint density at radius 2 is 2.04 bits per heavy atom. The number of carbonyl (C=O) groups excluding carboxylic acids is 1. The average Bonchev–Trinajstić information content (AvgIpc) is 3.02. The predicted octanol–water partition coefficient (Wildman–Crippen LogP) is 4.07. The number of thioether (sulfide) groups is 1. The summed E-state index contributed by atoms with van der Waals surface area (Å²) in [6.45, 7) is 2.15. The maximum atomic E-state index is 13.2. The van der Waals surface area contributed by atoms with Crippen LogP contribution in [0.1, 0.15) is 53.7 Å². The number of fused-ring (bicyclic) bond motifs is 2. The largest absolute Gasteiger partial charge is 0.294 e. The first-order valence-electron chi connectivity index (χ1n) is 8.82. The molecule has 0 bridgehead atoms. The van der Waals surface area contributed by atoms with E-state index < -0.39 is 0 Å². The van der Waals surface area contributed by atoms with Crippen LogP contribution in [-0.2, 0) is 6.42 Å². The number of unbranched alkanes of at least 4 members (excludes halogenated alkanes) is 1. The highest BCUT2D eigenvalue weighted by molar-refractivity contribution is 7.99. The van der Waals surface area contributed by atoms with Gasteiger partial charge in [-0.3, -0.25) is 4.79 Å². The molecule has 1 aromatic carbocycles. The van der Waals surface area contributed by atoms with Crippen molar-refractivity contribution in [1.82, 2.24) is 19.6 Å². The monoisotopic (exact) mass is 370 g/mol. The minimum atomic E-state index is -0.271. The molecule has 1 aliphatic carbocycles. The number of ketones is 1. The molecular weight excluding hydrogens is 351 g/mol. The van der Waals surface area contributed by atoms with Crippen molar-refractivity contribution in [3.63, 3.8) is 0 Å². The Morgan fingerprint density at radius 1 is 1.23 bits per heavy atom. The number of nitrogens with zero attached hydrogens (tertiary/aromatic N) is 4. The van der Waals surface area contributed by atoms with Gasteiger partial charge in [0.2, 0.25) is 5.16 Å². The zero-order valence-corrected chi connectivity index (χ0v) is 15.3. The lowest BCUT2D eigenvalue weighted by molar-refractivity contribution is 0.0962. The Labute approximate surface area is 155 Å². The Balaban J connectivity index is 1.63. The third-order valence-corrected chi connectivity index (χ3v) is 5.56. The first-order chi connectivity index (χ1) is 12.6. The van der Waals surface area contributed by atoms with Crippen LogP contribution in [0.4, 0.5) is 4.39 Å². The SMILES string of the molecule is CCCCSc1nc2nc3c(cn2n1)C(=O)C[C@@H](c1ccc(F)cc1)C3. The Hall–Kier alpha value is -2.28. The highest BCUT2D eigenvalue weighted by atomic mass is 32.2. The van der Waals surface area contributed by atoms with Crippen LogP contribution in [0.15, 0.2) is 35.6 Å². The van der Waals surface area contributed by atoms with Gasteiger partial charge in [0.05, 0.1) is 11.3 Å². The molecule has 1 aliphatic rings. The summed E-state index contributed by atoms with van der Waals surface area (Å²) in [6.07, 6.45) is 5.04. The number of hydrogen-bond donors (Lipinski definition) is 0. The van der Waals surface area contributed by atoms with Gasteiger partial charge in [-0.25, -0.2) is 13.9 Å². The van der Waals surface area contributed by atoms with Crippen LogP contribution in [0.3, 0.4) is 0 Å². The van der Waals surface area contributed by atoms with Gasteiger partial charge >= 0.3 is 0 Å². The lowest BCUT2D eigenvalue weighted by atomic mass is 9.82. The van der Waals surface area contributed by atoms with Crippen molar-refractivity contribution in [1.29, 1.82) is 0 Å². The molecule has 5 nitrogen and oxygen atoms in total. The van der Waals surface area contributed by atoms with E-state index in [1.807, 2.05) is 0 Å². The van der Waals surface area contributed by atoms with E-state index in [0.29, 0.717) is 29.3 Å². The van der Waals surface area contributed by atoms with Crippen LogP contribution >= 0.6 is 11.8 Å². The molecule has 0 N–H and O–H groups in total. The maximum Gasteiger partial charge on any atom is 0.253 e. The summed E-state index contributed by atoms with van der Waals surface area (Å²) < 4.78 is 14.8. The molecule has 0 saturated carbocycles. The van der Waals surface area contributed by atoms with Gasteiger partial charge in [0.1, 0.15) is 5.82 Å². The molecule has 0 amide bonds. The number of Topliss-reactive ketones (excluding diaryl/α,β-unsaturated/α-hetero) is 1. The summed E-state index contributed by atoms with van der Waals surface area (Å²) in [7, 11) is 0. The molecule has 0 aliphatic heterocycles. The van der Waals surface area contributed by atoms with Gasteiger partial charge in [-0.1, -0.05) is 37.2 Å². The maximum absolute atomic E-state index is 13.2. The molecule has 7 heteroatoms. The molecule has 3 aromatic rings. The predicted molar refractivity (Wildman–Crippen MR) is 98.2 cm³/mol. The number of hydrogen-bond acceptors (Lipinski definition) is 5. The van der Waals surface area contributed by atoms with E-state index in [-0.39, 0.29) is 17.5 Å². The zero-order valence-electron chi connectivity index (χ0n) is 14.5. The molecule has 134 valence electrons. The number of halogens is 1. The fourth-order valence-electron chi connectivity index (χ4n) is 3.20. The molecule has 2 heterocycles. The summed E-state index contributed by atoms with van der Waals surface area (Å²) in [5, 5.41) is 5.12. The minimum absolute atomic E-state index is 0.0203. The average molecular weight is 370 g/mol. The number of benzene rings is 1. The van der Waals surface area contributed by atoms with E-state index in [2.05, 4.69) is 22.0 Å². The lowest BCUT2D eigenvalue weighted by Crippen LogP contribution is -2.21. The van der Waals surface area contributed by atoms with Crippen molar-refractivity contribution in [2.24, 2.45) is 0 Å². The second-order valence-electron chi connectivity index (χ2n) is 6.52. The Bertz CT molecular complexity index is 954. The topological polar surface area (TPSA) is 60.1 Å². The zero-order chi connectivity index (χ0) is 18.1. The fourth-order valence-corrected chi connectivity index (χ4v) is 4.11. The lowest BCUT2D eigenvalue weighted by Gasteiger charge is -2.23. The van der Waals surface area contributed by atoms with Gasteiger partial charge in [0.25, 0.3) is 5.78 Å². The quantitative estimate of drug-likeness (QED) is 0.500. The highest BCUT2D eigenvalue weighted by Crippen LogP contribution is 2.32. The molecule has 4 rings (SSSR count). The van der Waals surface area contributed by atoms with Crippen LogP contribution in [0, 0.1) is 5.82 Å². The van der Waals surface area contributed by atoms with E-state index in [0.717, 1.165) is 29.9 Å². The third kappa shape index (κ3) is 3.35. The molecule has 0 fully saturated rings. The van der Waals surface area contributed by atoms with Crippen molar-refractivity contribution in [2.75, 3.05) is 5.75 Å². The van der Waals surface area contributed by atoms with Crippen LogP contribution in [0.5, 0.6) is 0 Å². The van der Waals surface area contributed by atoms with Crippen molar-refractivity contribution in [3.8, 4) is 0 Å². The van der Waals surface area contributed by atoms with Gasteiger partial charge in [0.15, 0.2) is 5.78 Å². The molecule has 0 saturated heterocycles. The molecule has 1 atom stereocenters. The Morgan fingerprint density at radius 3 is 2.81 bits per heavy atom. The smallest absolute Gasteiger partial charge is 0.253 e. The molecule has 2 aromatic heterocycles. The summed E-state index contributed by atoms with van der Waals surface area (Å²) in [5.41, 5.74) is 2.33. The summed E-state index contributed by atoms with van der Waals surface area (Å²) in [5.74, 6) is 1.29. The van der Waals surface area contributed by atoms with E-state index in [4.69, 9.17) is 0 Å². The highest BCUT2D eigenvalue weighted by Gasteiger charge is 2.28. The van der Waals surface area contributed by atoms with Crippen LogP contribution in [0.25, 0.3) is 5.78 Å². The number of carbonyl (C=O) groups is 1. The molecule has 0 spiro atoms. The summed E-state index contributed by atoms with van der Waals surface area (Å²) >= 11 is 1.61. The first-order valence-corrected chi connectivity index (χ1v) is 9.80. The van der Waals surface area contributed by atoms with Gasteiger partial charge in [0, 0.05) is 18.4 Å². The standard InChI is InChI=1S/C19H19FN4OS/c1-2-3-8-26-19-22-18-21-16-9-13(12-4-6-14(20)7-5-12)10-17(25)15(16)11-24(18)23-19/h4-7,11,13H,2-3,8-10H2,1H3/t13-/m0/s1. The van der Waals surface area contributed by atoms with E-state index in [9.17, 15) is 9.18 Å². The van der Waals surface area contributed by atoms with E-state index in [1.54, 1.807) is 34.6 Å². The van der Waals surface area contributed by atoms with Crippen molar-refractivity contribution in [3.05, 3.63) is 53.1 Å². The number of aromatic nitrogens is 4. The summed E-state index contributed by atoms with van der Waals surface area (Å²) in [4.78, 5) is 21.7. The van der Waals surface area contributed by atoms with Crippen molar-refractivity contribution >= 4 is 23.3 Å². The molecular formula is C19H19FN4OS.